The van der Waals surface area contributed by atoms with E-state index in [1.54, 1.807) is 37.2 Å². The van der Waals surface area contributed by atoms with Gasteiger partial charge in [0.05, 0.1) is 23.5 Å². The maximum absolute atomic E-state index is 13.8. The molecule has 0 aromatic carbocycles. The van der Waals surface area contributed by atoms with E-state index in [2.05, 4.69) is 15.2 Å². The maximum atomic E-state index is 13.8. The molecule has 0 unspecified atom stereocenters. The molecule has 0 fully saturated rings. The molecule has 0 N–H and O–H groups in total. The molecular weight excluding hydrogens is 418 g/mol. The predicted octanol–water partition coefficient (Wildman–Crippen LogP) is 4.12. The van der Waals surface area contributed by atoms with Crippen LogP contribution >= 0.6 is 0 Å². The van der Waals surface area contributed by atoms with Crippen molar-refractivity contribution in [2.45, 2.75) is 46.8 Å². The molecule has 0 atom stereocenters. The molecule has 10 heteroatoms. The van der Waals surface area contributed by atoms with Gasteiger partial charge in [-0.2, -0.15) is 10.2 Å². The zero-order chi connectivity index (χ0) is 23.0. The normalized spacial score (nSPS) is 11.6. The lowest BCUT2D eigenvalue weighted by atomic mass is 10.1. The van der Waals surface area contributed by atoms with Crippen LogP contribution in [0.25, 0.3) is 22.5 Å². The van der Waals surface area contributed by atoms with Crippen molar-refractivity contribution in [3.8, 4) is 11.5 Å². The number of likely N-dealkylation sites (N-methyl/N-ethyl adjacent to an activating group) is 1. The number of rotatable bonds is 7. The van der Waals surface area contributed by atoms with Crippen molar-refractivity contribution < 1.29 is 18.0 Å². The van der Waals surface area contributed by atoms with Crippen LogP contribution in [0, 0.1) is 13.8 Å². The number of furan rings is 1. The van der Waals surface area contributed by atoms with Gasteiger partial charge in [0.15, 0.2) is 11.4 Å². The summed E-state index contributed by atoms with van der Waals surface area (Å²) in [6.07, 6.45) is 0.483. The van der Waals surface area contributed by atoms with Gasteiger partial charge < -0.3 is 9.32 Å². The first-order valence-electron chi connectivity index (χ1n) is 10.3. The number of hydrogen-bond donors (Lipinski definition) is 0. The Hall–Kier alpha value is -3.56. The molecule has 0 aliphatic carbocycles. The van der Waals surface area contributed by atoms with Crippen LogP contribution < -0.4 is 0 Å². The number of amides is 1. The molecule has 0 spiro atoms. The van der Waals surface area contributed by atoms with Gasteiger partial charge in [0.1, 0.15) is 12.2 Å². The number of halogens is 2. The standard InChI is InChI=1S/C22H24F2N6O2/c1-5-29-14(3)15(10-25-29)11-28(4)19(31)12-30-22-20(13(2)27-30)16(21(23)24)9-17(26-22)18-7-6-8-32-18/h6-10,21H,5,11-12H2,1-4H3. The van der Waals surface area contributed by atoms with Crippen LogP contribution in [0.1, 0.15) is 35.9 Å². The highest BCUT2D eigenvalue weighted by Gasteiger charge is 2.23. The molecule has 32 heavy (non-hydrogen) atoms. The Morgan fingerprint density at radius 3 is 2.69 bits per heavy atom. The molecule has 0 saturated carbocycles. The van der Waals surface area contributed by atoms with Gasteiger partial charge in [0.25, 0.3) is 6.43 Å². The van der Waals surface area contributed by atoms with Gasteiger partial charge in [-0.1, -0.05) is 0 Å². The molecule has 0 bridgehead atoms. The number of carbonyl (C=O) groups is 1. The number of aryl methyl sites for hydroxylation is 2. The number of fused-ring (bicyclic) bond motifs is 1. The summed E-state index contributed by atoms with van der Waals surface area (Å²) in [5, 5.41) is 8.91. The Labute approximate surface area is 183 Å². The van der Waals surface area contributed by atoms with Gasteiger partial charge in [-0.15, -0.1) is 0 Å². The summed E-state index contributed by atoms with van der Waals surface area (Å²) in [7, 11) is 1.69. The average Bonchev–Trinajstić information content (AvgIpc) is 3.48. The highest BCUT2D eigenvalue weighted by molar-refractivity contribution is 5.86. The van der Waals surface area contributed by atoms with E-state index >= 15 is 0 Å². The molecule has 8 nitrogen and oxygen atoms in total. The molecule has 4 aromatic heterocycles. The Bertz CT molecular complexity index is 1260. The monoisotopic (exact) mass is 442 g/mol. The molecule has 0 radical (unpaired) electrons. The predicted molar refractivity (Wildman–Crippen MR) is 114 cm³/mol. The Morgan fingerprint density at radius 1 is 1.28 bits per heavy atom. The van der Waals surface area contributed by atoms with Gasteiger partial charge in [-0.3, -0.25) is 9.48 Å². The summed E-state index contributed by atoms with van der Waals surface area (Å²) in [6.45, 7) is 6.60. The largest absolute Gasteiger partial charge is 0.463 e. The summed E-state index contributed by atoms with van der Waals surface area (Å²) >= 11 is 0. The molecule has 0 aliphatic rings. The topological polar surface area (TPSA) is 82.0 Å². The third kappa shape index (κ3) is 3.88. The summed E-state index contributed by atoms with van der Waals surface area (Å²) in [5.74, 6) is 0.146. The van der Waals surface area contributed by atoms with Crippen LogP contribution in [-0.2, 0) is 24.4 Å². The highest BCUT2D eigenvalue weighted by atomic mass is 19.3. The molecule has 4 heterocycles. The average molecular weight is 442 g/mol. The van der Waals surface area contributed by atoms with E-state index in [0.29, 0.717) is 18.0 Å². The zero-order valence-electron chi connectivity index (χ0n) is 18.3. The minimum Gasteiger partial charge on any atom is -0.463 e. The fourth-order valence-corrected chi connectivity index (χ4v) is 3.77. The van der Waals surface area contributed by atoms with Crippen LogP contribution in [0.4, 0.5) is 8.78 Å². The number of alkyl halides is 2. The van der Waals surface area contributed by atoms with Crippen LogP contribution in [0.5, 0.6) is 0 Å². The Balaban J connectivity index is 1.66. The third-order valence-electron chi connectivity index (χ3n) is 5.54. The Kier molecular flexibility index (Phi) is 5.77. The van der Waals surface area contributed by atoms with Crippen molar-refractivity contribution in [3.05, 3.63) is 53.2 Å². The number of carbonyl (C=O) groups excluding carboxylic acids is 1. The molecular formula is C22H24F2N6O2. The van der Waals surface area contributed by atoms with Crippen LogP contribution in [-0.4, -0.2) is 42.4 Å². The minimum absolute atomic E-state index is 0.126. The van der Waals surface area contributed by atoms with E-state index < -0.39 is 6.43 Å². The van der Waals surface area contributed by atoms with Gasteiger partial charge in [0.2, 0.25) is 5.91 Å². The molecule has 0 saturated heterocycles. The Morgan fingerprint density at radius 2 is 2.06 bits per heavy atom. The summed E-state index contributed by atoms with van der Waals surface area (Å²) in [5.41, 5.74) is 2.64. The maximum Gasteiger partial charge on any atom is 0.264 e. The van der Waals surface area contributed by atoms with Crippen LogP contribution in [0.15, 0.2) is 35.1 Å². The second kappa shape index (κ2) is 8.52. The quantitative estimate of drug-likeness (QED) is 0.430. The van der Waals surface area contributed by atoms with E-state index in [4.69, 9.17) is 4.42 Å². The fourth-order valence-electron chi connectivity index (χ4n) is 3.77. The van der Waals surface area contributed by atoms with Gasteiger partial charge >= 0.3 is 0 Å². The summed E-state index contributed by atoms with van der Waals surface area (Å²) in [4.78, 5) is 19.0. The molecule has 0 aliphatic heterocycles. The van der Waals surface area contributed by atoms with Crippen LogP contribution in [0.2, 0.25) is 0 Å². The first kappa shape index (κ1) is 21.7. The van der Waals surface area contributed by atoms with E-state index in [0.717, 1.165) is 17.8 Å². The lowest BCUT2D eigenvalue weighted by Crippen LogP contribution is -2.30. The van der Waals surface area contributed by atoms with Crippen molar-refractivity contribution >= 4 is 16.9 Å². The molecule has 4 rings (SSSR count). The SMILES string of the molecule is CCn1ncc(CN(C)C(=O)Cn2nc(C)c3c(C(F)F)cc(-c4ccco4)nc32)c1C. The first-order valence-corrected chi connectivity index (χ1v) is 10.3. The van der Waals surface area contributed by atoms with Gasteiger partial charge in [-0.25, -0.2) is 18.4 Å². The minimum atomic E-state index is -2.72. The van der Waals surface area contributed by atoms with Gasteiger partial charge in [-0.05, 0) is 39.0 Å². The van der Waals surface area contributed by atoms with E-state index in [1.807, 2.05) is 18.5 Å². The van der Waals surface area contributed by atoms with Crippen LogP contribution in [0.3, 0.4) is 0 Å². The third-order valence-corrected chi connectivity index (χ3v) is 5.54. The highest BCUT2D eigenvalue weighted by Crippen LogP contribution is 2.33. The first-order chi connectivity index (χ1) is 15.3. The molecule has 1 amide bonds. The number of aromatic nitrogens is 5. The fraction of sp³-hybridized carbons (Fsp3) is 0.364. The second-order valence-electron chi connectivity index (χ2n) is 7.64. The van der Waals surface area contributed by atoms with E-state index in [-0.39, 0.29) is 34.7 Å². The number of nitrogens with zero attached hydrogens (tertiary/aromatic N) is 6. The number of hydrogen-bond acceptors (Lipinski definition) is 5. The lowest BCUT2D eigenvalue weighted by Gasteiger charge is -2.17. The molecule has 4 aromatic rings. The van der Waals surface area contributed by atoms with Crippen molar-refractivity contribution in [1.82, 2.24) is 29.4 Å². The summed E-state index contributed by atoms with van der Waals surface area (Å²) < 4.78 is 36.2. The van der Waals surface area contributed by atoms with Gasteiger partial charge in [0, 0.05) is 37.0 Å². The smallest absolute Gasteiger partial charge is 0.264 e. The van der Waals surface area contributed by atoms with Crippen molar-refractivity contribution in [1.29, 1.82) is 0 Å². The van der Waals surface area contributed by atoms with E-state index in [9.17, 15) is 13.6 Å². The van der Waals surface area contributed by atoms with E-state index in [1.165, 1.54) is 17.0 Å². The second-order valence-corrected chi connectivity index (χ2v) is 7.64. The van der Waals surface area contributed by atoms with Crippen molar-refractivity contribution in [2.75, 3.05) is 7.05 Å². The molecule has 168 valence electrons. The number of pyridine rings is 1. The summed E-state index contributed by atoms with van der Waals surface area (Å²) in [6, 6.07) is 4.62. The van der Waals surface area contributed by atoms with Crippen molar-refractivity contribution in [3.63, 3.8) is 0 Å². The lowest BCUT2D eigenvalue weighted by molar-refractivity contribution is -0.131. The van der Waals surface area contributed by atoms with Crippen molar-refractivity contribution in [2.24, 2.45) is 0 Å². The zero-order valence-corrected chi connectivity index (χ0v) is 18.3.